The predicted molar refractivity (Wildman–Crippen MR) is 57.9 cm³/mol. The van der Waals surface area contributed by atoms with E-state index in [-0.39, 0.29) is 31.7 Å². The van der Waals surface area contributed by atoms with Gasteiger partial charge >= 0.3 is 5.97 Å². The number of aliphatic hydroxyl groups is 2. The van der Waals surface area contributed by atoms with Crippen molar-refractivity contribution in [2.24, 2.45) is 5.92 Å². The summed E-state index contributed by atoms with van der Waals surface area (Å²) < 4.78 is 5.01. The molecule has 1 heterocycles. The van der Waals surface area contributed by atoms with E-state index >= 15 is 0 Å². The van der Waals surface area contributed by atoms with Crippen LogP contribution < -0.4 is 0 Å². The van der Waals surface area contributed by atoms with Gasteiger partial charge in [0.1, 0.15) is 13.0 Å². The molecule has 2 fully saturated rings. The minimum Gasteiger partial charge on any atom is -0.449 e. The second-order valence-electron chi connectivity index (χ2n) is 4.34. The summed E-state index contributed by atoms with van der Waals surface area (Å²) in [5.41, 5.74) is 0. The normalized spacial score (nSPS) is 30.2. The average Bonchev–Trinajstić information content (AvgIpc) is 3.08. The lowest BCUT2D eigenvalue weighted by atomic mass is 10.4. The van der Waals surface area contributed by atoms with E-state index in [0.29, 0.717) is 0 Å². The molecule has 1 aliphatic carbocycles. The van der Waals surface area contributed by atoms with Crippen molar-refractivity contribution < 1.29 is 19.7 Å². The second kappa shape index (κ2) is 5.02. The topological polar surface area (TPSA) is 73.2 Å². The number of terminal acetylenes is 1. The van der Waals surface area contributed by atoms with Gasteiger partial charge in [-0.25, -0.2) is 4.90 Å². The molecule has 1 saturated carbocycles. The molecule has 0 spiro atoms. The minimum atomic E-state index is -1.01. The number of aliphatic hydroxyl groups excluding tert-OH is 2. The van der Waals surface area contributed by atoms with E-state index in [1.54, 1.807) is 0 Å². The van der Waals surface area contributed by atoms with Crippen LogP contribution in [0.4, 0.5) is 0 Å². The third kappa shape index (κ3) is 2.76. The van der Waals surface area contributed by atoms with E-state index in [1.165, 1.54) is 9.80 Å². The smallest absolute Gasteiger partial charge is 0.310 e. The largest absolute Gasteiger partial charge is 0.449 e. The number of nitrogens with zero attached hydrogens (tertiary/aromatic N) is 2. The van der Waals surface area contributed by atoms with Crippen LogP contribution in [0.15, 0.2) is 0 Å². The molecule has 6 heteroatoms. The van der Waals surface area contributed by atoms with Crippen LogP contribution in [-0.2, 0) is 9.53 Å². The summed E-state index contributed by atoms with van der Waals surface area (Å²) in [5.74, 6) is 2.14. The summed E-state index contributed by atoms with van der Waals surface area (Å²) in [7, 11) is 0. The van der Waals surface area contributed by atoms with Crippen LogP contribution in [0.5, 0.6) is 0 Å². The first-order chi connectivity index (χ1) is 8.13. The van der Waals surface area contributed by atoms with Crippen molar-refractivity contribution >= 4 is 5.97 Å². The van der Waals surface area contributed by atoms with E-state index < -0.39 is 12.6 Å². The number of hydrogen-bond donors (Lipinski definition) is 2. The summed E-state index contributed by atoms with van der Waals surface area (Å²) in [5, 5.41) is 19.5. The maximum atomic E-state index is 11.3. The first kappa shape index (κ1) is 12.3. The fourth-order valence-electron chi connectivity index (χ4n) is 1.76. The molecule has 2 N–H and O–H groups in total. The third-order valence-corrected chi connectivity index (χ3v) is 2.96. The highest BCUT2D eigenvalue weighted by molar-refractivity contribution is 5.74. The quantitative estimate of drug-likeness (QED) is 0.472. The van der Waals surface area contributed by atoms with Crippen molar-refractivity contribution in [3.8, 4) is 12.3 Å². The molecule has 0 radical (unpaired) electrons. The number of carbonyl (C=O) groups excluding carboxylic acids is 1. The molecule has 0 amide bonds. The zero-order valence-electron chi connectivity index (χ0n) is 9.45. The van der Waals surface area contributed by atoms with E-state index in [9.17, 15) is 15.0 Å². The molecule has 0 aromatic heterocycles. The standard InChI is InChI=1S/C11H16N2O4/c1-2-5-12-6-9(14)13(11(12)16)7-17-10(15)8-3-4-8/h1,8-9,11,14,16H,3-7H2. The van der Waals surface area contributed by atoms with E-state index in [2.05, 4.69) is 5.92 Å². The van der Waals surface area contributed by atoms with Gasteiger partial charge in [0.25, 0.3) is 0 Å². The van der Waals surface area contributed by atoms with Crippen LogP contribution in [-0.4, -0.2) is 58.4 Å². The Hall–Kier alpha value is -1.13. The summed E-state index contributed by atoms with van der Waals surface area (Å²) in [6, 6.07) is 0. The van der Waals surface area contributed by atoms with Crippen LogP contribution in [0, 0.1) is 18.3 Å². The lowest BCUT2D eigenvalue weighted by molar-refractivity contribution is -0.167. The maximum absolute atomic E-state index is 11.3. The zero-order valence-corrected chi connectivity index (χ0v) is 9.45. The number of rotatable bonds is 4. The van der Waals surface area contributed by atoms with Crippen molar-refractivity contribution in [2.45, 2.75) is 25.4 Å². The molecule has 0 aromatic carbocycles. The molecule has 6 nitrogen and oxygen atoms in total. The van der Waals surface area contributed by atoms with Crippen LogP contribution in [0.1, 0.15) is 12.8 Å². The number of ether oxygens (including phenoxy) is 1. The van der Waals surface area contributed by atoms with Gasteiger partial charge in [0, 0.05) is 6.54 Å². The molecular weight excluding hydrogens is 224 g/mol. The second-order valence-corrected chi connectivity index (χ2v) is 4.34. The Kier molecular flexibility index (Phi) is 3.64. The van der Waals surface area contributed by atoms with Gasteiger partial charge in [-0.05, 0) is 12.8 Å². The first-order valence-electron chi connectivity index (χ1n) is 5.59. The van der Waals surface area contributed by atoms with E-state index in [4.69, 9.17) is 11.2 Å². The molecule has 2 aliphatic rings. The highest BCUT2D eigenvalue weighted by Crippen LogP contribution is 2.30. The molecule has 1 saturated heterocycles. The highest BCUT2D eigenvalue weighted by Gasteiger charge is 2.38. The third-order valence-electron chi connectivity index (χ3n) is 2.96. The molecule has 2 unspecified atom stereocenters. The van der Waals surface area contributed by atoms with Crippen LogP contribution >= 0.6 is 0 Å². The number of β-amino-alcohol motifs (C(OH)–C–C–N with tert-alkyl or cyclic N) is 1. The van der Waals surface area contributed by atoms with Crippen molar-refractivity contribution in [1.29, 1.82) is 0 Å². The fraction of sp³-hybridized carbons (Fsp3) is 0.727. The Morgan fingerprint density at radius 2 is 2.18 bits per heavy atom. The SMILES string of the molecule is C#CCN1CC(O)N(COC(=O)C2CC2)C1O. The van der Waals surface area contributed by atoms with Gasteiger partial charge in [0.15, 0.2) is 6.35 Å². The van der Waals surface area contributed by atoms with E-state index in [1.807, 2.05) is 0 Å². The van der Waals surface area contributed by atoms with Crippen LogP contribution in [0.2, 0.25) is 0 Å². The zero-order chi connectivity index (χ0) is 12.4. The Morgan fingerprint density at radius 3 is 2.76 bits per heavy atom. The Morgan fingerprint density at radius 1 is 1.47 bits per heavy atom. The molecular formula is C11H16N2O4. The Labute approximate surface area is 99.8 Å². The summed E-state index contributed by atoms with van der Waals surface area (Å²) in [6.45, 7) is 0.371. The van der Waals surface area contributed by atoms with Crippen molar-refractivity contribution in [2.75, 3.05) is 19.8 Å². The van der Waals surface area contributed by atoms with Gasteiger partial charge in [-0.1, -0.05) is 5.92 Å². The van der Waals surface area contributed by atoms with Gasteiger partial charge in [-0.2, -0.15) is 0 Å². The Bertz CT molecular complexity index is 337. The molecule has 0 aromatic rings. The monoisotopic (exact) mass is 240 g/mol. The molecule has 94 valence electrons. The molecule has 1 aliphatic heterocycles. The lowest BCUT2D eigenvalue weighted by Crippen LogP contribution is -2.42. The minimum absolute atomic E-state index is 0.00806. The van der Waals surface area contributed by atoms with E-state index in [0.717, 1.165) is 12.8 Å². The highest BCUT2D eigenvalue weighted by atomic mass is 16.6. The van der Waals surface area contributed by atoms with Crippen molar-refractivity contribution in [3.05, 3.63) is 0 Å². The number of esters is 1. The van der Waals surface area contributed by atoms with Gasteiger partial charge in [0.2, 0.25) is 0 Å². The predicted octanol–water partition coefficient (Wildman–Crippen LogP) is -1.26. The van der Waals surface area contributed by atoms with Crippen molar-refractivity contribution in [3.63, 3.8) is 0 Å². The maximum Gasteiger partial charge on any atom is 0.310 e. The summed E-state index contributed by atoms with van der Waals surface area (Å²) in [4.78, 5) is 14.1. The van der Waals surface area contributed by atoms with Gasteiger partial charge in [0.05, 0.1) is 12.5 Å². The Balaban J connectivity index is 1.83. The first-order valence-corrected chi connectivity index (χ1v) is 5.59. The number of hydrogen-bond acceptors (Lipinski definition) is 6. The molecule has 17 heavy (non-hydrogen) atoms. The summed E-state index contributed by atoms with van der Waals surface area (Å²) in [6.07, 6.45) is 5.00. The molecule has 2 atom stereocenters. The summed E-state index contributed by atoms with van der Waals surface area (Å²) >= 11 is 0. The van der Waals surface area contributed by atoms with Crippen LogP contribution in [0.3, 0.4) is 0 Å². The molecule has 0 bridgehead atoms. The van der Waals surface area contributed by atoms with Gasteiger partial charge in [-0.15, -0.1) is 6.42 Å². The fourth-order valence-corrected chi connectivity index (χ4v) is 1.76. The van der Waals surface area contributed by atoms with Crippen LogP contribution in [0.25, 0.3) is 0 Å². The van der Waals surface area contributed by atoms with Crippen molar-refractivity contribution in [1.82, 2.24) is 9.80 Å². The lowest BCUT2D eigenvalue weighted by Gasteiger charge is -2.24. The average molecular weight is 240 g/mol. The molecule has 2 rings (SSSR count). The van der Waals surface area contributed by atoms with Gasteiger partial charge < -0.3 is 14.9 Å². The number of carbonyl (C=O) groups is 1. The van der Waals surface area contributed by atoms with Gasteiger partial charge in [-0.3, -0.25) is 9.69 Å².